The zero-order valence-electron chi connectivity index (χ0n) is 23.1. The molecule has 1 aliphatic heterocycles. The molecule has 0 saturated carbocycles. The van der Waals surface area contributed by atoms with Crippen molar-refractivity contribution >= 4 is 0 Å². The van der Waals surface area contributed by atoms with E-state index in [9.17, 15) is 0 Å². The number of nitrogens with zero attached hydrogens (tertiary/aromatic N) is 1. The first kappa shape index (κ1) is 32.8. The summed E-state index contributed by atoms with van der Waals surface area (Å²) in [6.45, 7) is 23.0. The van der Waals surface area contributed by atoms with E-state index in [1.54, 1.807) is 0 Å². The molecule has 2 aromatic carbocycles. The van der Waals surface area contributed by atoms with E-state index >= 15 is 0 Å². The van der Waals surface area contributed by atoms with E-state index in [2.05, 4.69) is 119 Å². The maximum absolute atomic E-state index is 5.33. The van der Waals surface area contributed by atoms with Crippen molar-refractivity contribution in [2.75, 3.05) is 13.6 Å². The number of benzene rings is 2. The third-order valence-corrected chi connectivity index (χ3v) is 5.74. The van der Waals surface area contributed by atoms with Gasteiger partial charge in [0.1, 0.15) is 0 Å². The lowest BCUT2D eigenvalue weighted by molar-refractivity contribution is 0.334. The summed E-state index contributed by atoms with van der Waals surface area (Å²) in [5.74, 6) is 1.12. The Morgan fingerprint density at radius 2 is 1.56 bits per heavy atom. The van der Waals surface area contributed by atoms with Gasteiger partial charge in [-0.15, -0.1) is 6.58 Å². The zero-order chi connectivity index (χ0) is 27.3. The molecule has 3 rings (SSSR count). The molecule has 2 atom stereocenters. The van der Waals surface area contributed by atoms with E-state index in [1.807, 2.05) is 18.2 Å². The summed E-state index contributed by atoms with van der Waals surface area (Å²) in [6.07, 6.45) is 6.49. The number of nitrogens with two attached hydrogens (primary N) is 2. The number of allylic oxidation sites excluding steroid dienone is 2. The molecule has 4 nitrogen and oxygen atoms in total. The summed E-state index contributed by atoms with van der Waals surface area (Å²) in [4.78, 5) is 2.38. The van der Waals surface area contributed by atoms with E-state index in [1.165, 1.54) is 36.7 Å². The molecular formula is C32H50N4. The Kier molecular flexibility index (Phi) is 18.2. The van der Waals surface area contributed by atoms with Gasteiger partial charge in [-0.3, -0.25) is 4.90 Å². The van der Waals surface area contributed by atoms with Gasteiger partial charge in [-0.2, -0.15) is 0 Å². The lowest BCUT2D eigenvalue weighted by Crippen LogP contribution is -2.32. The summed E-state index contributed by atoms with van der Waals surface area (Å²) in [7, 11) is 2.17. The maximum Gasteiger partial charge on any atom is 0.0486 e. The van der Waals surface area contributed by atoms with Gasteiger partial charge in [0, 0.05) is 24.0 Å². The van der Waals surface area contributed by atoms with Gasteiger partial charge in [0.15, 0.2) is 0 Å². The zero-order valence-corrected chi connectivity index (χ0v) is 23.1. The number of hydrogen-bond acceptors (Lipinski definition) is 4. The maximum atomic E-state index is 5.33. The Morgan fingerprint density at radius 1 is 1.03 bits per heavy atom. The second-order valence-corrected chi connectivity index (χ2v) is 9.38. The van der Waals surface area contributed by atoms with Crippen LogP contribution in [0.4, 0.5) is 0 Å². The van der Waals surface area contributed by atoms with Crippen molar-refractivity contribution in [2.45, 2.75) is 58.5 Å². The topological polar surface area (TPSA) is 67.3 Å². The quantitative estimate of drug-likeness (QED) is 0.350. The first-order valence-corrected chi connectivity index (χ1v) is 12.8. The van der Waals surface area contributed by atoms with Gasteiger partial charge >= 0.3 is 0 Å². The molecule has 1 saturated heterocycles. The summed E-state index contributed by atoms with van der Waals surface area (Å²) in [5, 5.41) is 3.44. The second kappa shape index (κ2) is 20.0. The largest absolute Gasteiger partial charge is 0.405 e. The minimum Gasteiger partial charge on any atom is -0.405 e. The van der Waals surface area contributed by atoms with Crippen LogP contribution in [0.15, 0.2) is 111 Å². The number of nitrogens with one attached hydrogen (secondary N) is 1. The molecule has 0 spiro atoms. The minimum atomic E-state index is 0.465. The number of rotatable bonds is 8. The van der Waals surface area contributed by atoms with Crippen LogP contribution >= 0.6 is 0 Å². The van der Waals surface area contributed by atoms with Crippen molar-refractivity contribution in [1.29, 1.82) is 0 Å². The Labute approximate surface area is 221 Å². The molecule has 0 radical (unpaired) electrons. The minimum absolute atomic E-state index is 0.465. The van der Waals surface area contributed by atoms with Crippen LogP contribution in [-0.2, 0) is 6.54 Å². The van der Waals surface area contributed by atoms with E-state index in [4.69, 9.17) is 5.73 Å². The molecule has 0 aliphatic carbocycles. The van der Waals surface area contributed by atoms with E-state index < -0.39 is 0 Å². The third-order valence-electron chi connectivity index (χ3n) is 5.74. The molecule has 36 heavy (non-hydrogen) atoms. The Morgan fingerprint density at radius 3 is 1.92 bits per heavy atom. The molecule has 198 valence electrons. The van der Waals surface area contributed by atoms with Crippen LogP contribution in [0, 0.1) is 5.92 Å². The van der Waals surface area contributed by atoms with Gasteiger partial charge in [0.25, 0.3) is 0 Å². The molecule has 2 unspecified atom stereocenters. The fraction of sp³-hybridized carbons (Fsp3) is 0.375. The standard InChI is InChI=1S/C14H20N2.C9H12.C7H13N.C2H5N/c1-12(14-9-6-10-16(14)2)15-11-13-7-4-3-5-8-13;1-8(2)9-6-4-3-5-7-9;1-4-6(2)5-7(3)8;1-2-3/h3-5,7-8,14-15H,1,6,9-11H2,2H3;3-8H,1-2H3;4,6H,1,3,5,8H2,2H3;2H,1,3H2. The Bertz CT molecular complexity index is 858. The van der Waals surface area contributed by atoms with Gasteiger partial charge in [0.05, 0.1) is 0 Å². The van der Waals surface area contributed by atoms with Crippen LogP contribution < -0.4 is 16.8 Å². The monoisotopic (exact) mass is 490 g/mol. The highest BCUT2D eigenvalue weighted by Gasteiger charge is 2.22. The fourth-order valence-corrected chi connectivity index (χ4v) is 3.61. The van der Waals surface area contributed by atoms with Gasteiger partial charge in [-0.1, -0.05) is 107 Å². The van der Waals surface area contributed by atoms with Crippen LogP contribution in [0.3, 0.4) is 0 Å². The van der Waals surface area contributed by atoms with E-state index in [0.29, 0.717) is 17.9 Å². The second-order valence-electron chi connectivity index (χ2n) is 9.38. The van der Waals surface area contributed by atoms with Crippen LogP contribution in [0.1, 0.15) is 57.1 Å². The predicted octanol–water partition coefficient (Wildman–Crippen LogP) is 6.95. The third kappa shape index (κ3) is 15.6. The molecule has 0 bridgehead atoms. The summed E-state index contributed by atoms with van der Waals surface area (Å²) in [6, 6.07) is 21.5. The molecule has 1 aliphatic rings. The van der Waals surface area contributed by atoms with Gasteiger partial charge in [-0.25, -0.2) is 0 Å². The number of hydrogen-bond donors (Lipinski definition) is 3. The van der Waals surface area contributed by atoms with Crippen LogP contribution in [-0.4, -0.2) is 24.5 Å². The van der Waals surface area contributed by atoms with Crippen molar-refractivity contribution in [2.24, 2.45) is 17.4 Å². The molecular weight excluding hydrogens is 440 g/mol. The predicted molar refractivity (Wildman–Crippen MR) is 160 cm³/mol. The highest BCUT2D eigenvalue weighted by molar-refractivity contribution is 5.18. The first-order chi connectivity index (χ1) is 17.2. The van der Waals surface area contributed by atoms with E-state index in [0.717, 1.165) is 24.4 Å². The number of likely N-dealkylation sites (N-methyl/N-ethyl adjacent to an activating group) is 1. The molecule has 1 heterocycles. The molecule has 0 amide bonds. The van der Waals surface area contributed by atoms with Gasteiger partial charge in [-0.05, 0) is 62.0 Å². The van der Waals surface area contributed by atoms with Crippen molar-refractivity contribution in [3.05, 3.63) is 122 Å². The molecule has 5 N–H and O–H groups in total. The number of likely N-dealkylation sites (tertiary alicyclic amines) is 1. The molecule has 0 aromatic heterocycles. The fourth-order valence-electron chi connectivity index (χ4n) is 3.61. The van der Waals surface area contributed by atoms with Gasteiger partial charge in [0.2, 0.25) is 0 Å². The SMILES string of the molecule is C=C(NCc1ccccc1)C1CCCN1C.C=CC(C)CC(=C)N.C=CN.CC(C)c1ccccc1. The normalized spacial score (nSPS) is 15.0. The highest BCUT2D eigenvalue weighted by atomic mass is 15.2. The highest BCUT2D eigenvalue weighted by Crippen LogP contribution is 2.19. The van der Waals surface area contributed by atoms with Crippen molar-refractivity contribution < 1.29 is 0 Å². The van der Waals surface area contributed by atoms with E-state index in [-0.39, 0.29) is 0 Å². The molecule has 2 aromatic rings. The summed E-state index contributed by atoms with van der Waals surface area (Å²) >= 11 is 0. The Balaban J connectivity index is 0.000000523. The first-order valence-electron chi connectivity index (χ1n) is 12.8. The average molecular weight is 491 g/mol. The van der Waals surface area contributed by atoms with Crippen LogP contribution in [0.25, 0.3) is 0 Å². The molecule has 4 heteroatoms. The average Bonchev–Trinajstić information content (AvgIpc) is 3.30. The summed E-state index contributed by atoms with van der Waals surface area (Å²) < 4.78 is 0. The van der Waals surface area contributed by atoms with Crippen LogP contribution in [0.2, 0.25) is 0 Å². The van der Waals surface area contributed by atoms with Crippen LogP contribution in [0.5, 0.6) is 0 Å². The van der Waals surface area contributed by atoms with Crippen molar-refractivity contribution in [3.8, 4) is 0 Å². The van der Waals surface area contributed by atoms with Crippen molar-refractivity contribution in [1.82, 2.24) is 10.2 Å². The smallest absolute Gasteiger partial charge is 0.0486 e. The lowest BCUT2D eigenvalue weighted by Gasteiger charge is -2.22. The van der Waals surface area contributed by atoms with Gasteiger partial charge < -0.3 is 16.8 Å². The molecule has 1 fully saturated rings. The van der Waals surface area contributed by atoms with Crippen molar-refractivity contribution in [3.63, 3.8) is 0 Å². The lowest BCUT2D eigenvalue weighted by atomic mass is 10.0. The Hall–Kier alpha value is -3.24. The summed E-state index contributed by atoms with van der Waals surface area (Å²) in [5.41, 5.74) is 14.6.